The predicted octanol–water partition coefficient (Wildman–Crippen LogP) is 5.10. The first-order valence-corrected chi connectivity index (χ1v) is 13.3. The number of aliphatic hydroxyl groups is 1. The molecular formula is C28H30N2O4S. The molecule has 35 heavy (non-hydrogen) atoms. The number of aromatic hydroxyl groups is 1. The van der Waals surface area contributed by atoms with Crippen LogP contribution in [0.15, 0.2) is 67.0 Å². The highest BCUT2D eigenvalue weighted by Gasteiger charge is 2.33. The molecule has 2 aromatic heterocycles. The van der Waals surface area contributed by atoms with E-state index in [-0.39, 0.29) is 11.4 Å². The smallest absolute Gasteiger partial charge is 0.156 e. The molecular weight excluding hydrogens is 460 g/mol. The first kappa shape index (κ1) is 24.8. The minimum atomic E-state index is -3.36. The molecule has 0 aliphatic carbocycles. The number of rotatable bonds is 6. The van der Waals surface area contributed by atoms with Gasteiger partial charge in [-0.2, -0.15) is 0 Å². The van der Waals surface area contributed by atoms with Crippen LogP contribution in [0.5, 0.6) is 5.75 Å². The van der Waals surface area contributed by atoms with E-state index in [0.29, 0.717) is 12.0 Å². The van der Waals surface area contributed by atoms with Gasteiger partial charge in [0.15, 0.2) is 9.84 Å². The lowest BCUT2D eigenvalue weighted by Gasteiger charge is -2.24. The van der Waals surface area contributed by atoms with E-state index in [9.17, 15) is 18.6 Å². The molecule has 182 valence electrons. The molecule has 0 radical (unpaired) electrons. The summed E-state index contributed by atoms with van der Waals surface area (Å²) in [5.41, 5.74) is 4.08. The number of nitrogens with zero attached hydrogens (tertiary/aromatic N) is 2. The third-order valence-electron chi connectivity index (χ3n) is 6.48. The van der Waals surface area contributed by atoms with Crippen LogP contribution in [0.2, 0.25) is 0 Å². The van der Waals surface area contributed by atoms with Gasteiger partial charge < -0.3 is 10.2 Å². The van der Waals surface area contributed by atoms with Gasteiger partial charge in [0.05, 0.1) is 10.3 Å². The molecule has 0 spiro atoms. The molecule has 4 rings (SSSR count). The van der Waals surface area contributed by atoms with Crippen LogP contribution in [-0.4, -0.2) is 34.9 Å². The molecule has 0 bridgehead atoms. The van der Waals surface area contributed by atoms with Gasteiger partial charge in [-0.3, -0.25) is 9.97 Å². The van der Waals surface area contributed by atoms with Crippen LogP contribution in [0.1, 0.15) is 50.1 Å². The van der Waals surface area contributed by atoms with Gasteiger partial charge in [0.25, 0.3) is 0 Å². The Bertz CT molecular complexity index is 1520. The van der Waals surface area contributed by atoms with E-state index in [2.05, 4.69) is 9.97 Å². The van der Waals surface area contributed by atoms with E-state index in [4.69, 9.17) is 0 Å². The van der Waals surface area contributed by atoms with Crippen LogP contribution < -0.4 is 0 Å². The van der Waals surface area contributed by atoms with Crippen molar-refractivity contribution in [3.63, 3.8) is 0 Å². The Hall–Kier alpha value is -3.29. The Labute approximate surface area is 206 Å². The summed E-state index contributed by atoms with van der Waals surface area (Å²) in [6, 6.07) is 17.2. The molecule has 4 aromatic rings. The molecule has 0 atom stereocenters. The molecule has 2 N–H and O–H groups in total. The van der Waals surface area contributed by atoms with Crippen molar-refractivity contribution in [3.05, 3.63) is 89.4 Å². The summed E-state index contributed by atoms with van der Waals surface area (Å²) in [4.78, 5) is 8.85. The molecule has 0 fully saturated rings. The normalized spacial score (nSPS) is 12.7. The molecule has 0 aliphatic heterocycles. The maximum atomic E-state index is 12.6. The van der Waals surface area contributed by atoms with Crippen LogP contribution in [0, 0.1) is 0 Å². The average Bonchev–Trinajstić information content (AvgIpc) is 2.77. The fourth-order valence-corrected chi connectivity index (χ4v) is 4.67. The topological polar surface area (TPSA) is 100 Å². The summed E-state index contributed by atoms with van der Waals surface area (Å²) >= 11 is 0. The minimum Gasteiger partial charge on any atom is -0.506 e. The lowest BCUT2D eigenvalue weighted by Crippen LogP contribution is -2.28. The molecule has 0 saturated heterocycles. The van der Waals surface area contributed by atoms with Crippen molar-refractivity contribution in [2.75, 3.05) is 6.26 Å². The Kier molecular flexibility index (Phi) is 6.19. The van der Waals surface area contributed by atoms with Crippen molar-refractivity contribution in [1.82, 2.24) is 9.97 Å². The number of aromatic nitrogens is 2. The highest BCUT2D eigenvalue weighted by Crippen LogP contribution is 2.37. The molecule has 0 saturated carbocycles. The average molecular weight is 491 g/mol. The quantitative estimate of drug-likeness (QED) is 0.390. The second-order valence-electron chi connectivity index (χ2n) is 10.0. The van der Waals surface area contributed by atoms with Crippen LogP contribution >= 0.6 is 0 Å². The first-order chi connectivity index (χ1) is 16.3. The van der Waals surface area contributed by atoms with Gasteiger partial charge >= 0.3 is 0 Å². The summed E-state index contributed by atoms with van der Waals surface area (Å²) < 4.78 is 24.0. The minimum absolute atomic E-state index is 0.0444. The van der Waals surface area contributed by atoms with Crippen molar-refractivity contribution in [2.24, 2.45) is 0 Å². The summed E-state index contributed by atoms with van der Waals surface area (Å²) in [7, 11) is -3.36. The van der Waals surface area contributed by atoms with E-state index >= 15 is 0 Å². The molecule has 2 aromatic carbocycles. The Balaban J connectivity index is 1.79. The summed E-state index contributed by atoms with van der Waals surface area (Å²) in [6.45, 7) is 6.60. The molecule has 0 aliphatic rings. The van der Waals surface area contributed by atoms with Crippen molar-refractivity contribution < 1.29 is 18.6 Å². The van der Waals surface area contributed by atoms with Crippen LogP contribution in [0.4, 0.5) is 0 Å². The fraction of sp³-hybridized carbons (Fsp3) is 0.286. The summed E-state index contributed by atoms with van der Waals surface area (Å²) in [5.74, 6) is -0.0444. The van der Waals surface area contributed by atoms with Gasteiger partial charge in [-0.25, -0.2) is 8.42 Å². The zero-order valence-corrected chi connectivity index (χ0v) is 21.4. The number of hydrogen-bond donors (Lipinski definition) is 2. The standard InChI is InChI=1S/C28H30N2O4S/c1-27(2,32)26-24(31)14-19(17-30-26)12-18-8-6-9-20(13-18)23-16-22(28(3,4)35(5,33)34)15-21-10-7-11-29-25(21)23/h6-11,13-17,31-32H,12H2,1-5H3. The third-order valence-corrected chi connectivity index (χ3v) is 8.57. The van der Waals surface area contributed by atoms with Gasteiger partial charge in [0.1, 0.15) is 17.0 Å². The zero-order chi connectivity index (χ0) is 25.6. The van der Waals surface area contributed by atoms with E-state index < -0.39 is 20.2 Å². The number of pyridine rings is 2. The van der Waals surface area contributed by atoms with Gasteiger partial charge in [-0.05, 0) is 80.6 Å². The first-order valence-electron chi connectivity index (χ1n) is 11.4. The number of sulfone groups is 1. The summed E-state index contributed by atoms with van der Waals surface area (Å²) in [6.07, 6.45) is 5.18. The van der Waals surface area contributed by atoms with Crippen LogP contribution in [0.25, 0.3) is 22.0 Å². The van der Waals surface area contributed by atoms with Crippen LogP contribution in [-0.2, 0) is 26.6 Å². The molecule has 0 unspecified atom stereocenters. The van der Waals surface area contributed by atoms with Gasteiger partial charge in [0.2, 0.25) is 0 Å². The Morgan fingerprint density at radius 2 is 1.66 bits per heavy atom. The summed E-state index contributed by atoms with van der Waals surface area (Å²) in [5, 5.41) is 21.4. The SMILES string of the molecule is CC(C)(O)c1ncc(Cc2cccc(-c3cc(C(C)(C)S(C)(=O)=O)cc4cccnc34)c2)cc1O. The third kappa shape index (κ3) is 4.92. The number of fused-ring (bicyclic) bond motifs is 1. The number of hydrogen-bond acceptors (Lipinski definition) is 6. The van der Waals surface area contributed by atoms with Gasteiger partial charge in [-0.1, -0.05) is 30.3 Å². The largest absolute Gasteiger partial charge is 0.506 e. The van der Waals surface area contributed by atoms with Gasteiger partial charge in [0, 0.05) is 29.6 Å². The highest BCUT2D eigenvalue weighted by molar-refractivity contribution is 7.91. The molecule has 6 nitrogen and oxygen atoms in total. The molecule has 2 heterocycles. The van der Waals surface area contributed by atoms with E-state index in [1.807, 2.05) is 48.5 Å². The van der Waals surface area contributed by atoms with E-state index in [0.717, 1.165) is 33.2 Å². The maximum Gasteiger partial charge on any atom is 0.156 e. The van der Waals surface area contributed by atoms with Crippen molar-refractivity contribution in [1.29, 1.82) is 0 Å². The lowest BCUT2D eigenvalue weighted by molar-refractivity contribution is 0.0708. The Morgan fingerprint density at radius 1 is 0.914 bits per heavy atom. The Morgan fingerprint density at radius 3 is 2.31 bits per heavy atom. The second-order valence-corrected chi connectivity index (χ2v) is 12.6. The second kappa shape index (κ2) is 8.73. The lowest BCUT2D eigenvalue weighted by atomic mass is 9.92. The molecule has 7 heteroatoms. The van der Waals surface area contributed by atoms with E-state index in [1.54, 1.807) is 46.2 Å². The monoisotopic (exact) mass is 490 g/mol. The van der Waals surface area contributed by atoms with Crippen LogP contribution in [0.3, 0.4) is 0 Å². The van der Waals surface area contributed by atoms with Crippen molar-refractivity contribution in [3.8, 4) is 16.9 Å². The predicted molar refractivity (Wildman–Crippen MR) is 139 cm³/mol. The maximum absolute atomic E-state index is 12.6. The molecule has 0 amide bonds. The van der Waals surface area contributed by atoms with Gasteiger partial charge in [-0.15, -0.1) is 0 Å². The fourth-order valence-electron chi connectivity index (χ4n) is 4.12. The van der Waals surface area contributed by atoms with Crippen molar-refractivity contribution >= 4 is 20.7 Å². The van der Waals surface area contributed by atoms with E-state index in [1.165, 1.54) is 6.26 Å². The van der Waals surface area contributed by atoms with Crippen molar-refractivity contribution in [2.45, 2.75) is 44.5 Å². The highest BCUT2D eigenvalue weighted by atomic mass is 32.2. The number of benzene rings is 2. The zero-order valence-electron chi connectivity index (χ0n) is 20.6.